The standard InChI is InChI=1S/C23H26ClN3O2/c1-5-20(18-8-6-15(2)7-9-18)25-23(28)21-10-11-27(26-21)14-29-19-12-16(3)22(24)17(4)13-19/h6-13,20H,5,14H2,1-4H3,(H,25,28). The highest BCUT2D eigenvalue weighted by Gasteiger charge is 2.16. The molecule has 1 N–H and O–H groups in total. The summed E-state index contributed by atoms with van der Waals surface area (Å²) in [6, 6.07) is 13.6. The minimum Gasteiger partial charge on any atom is -0.471 e. The average Bonchev–Trinajstić information content (AvgIpc) is 3.18. The van der Waals surface area contributed by atoms with Gasteiger partial charge in [-0.1, -0.05) is 48.4 Å². The maximum atomic E-state index is 12.6. The number of nitrogens with one attached hydrogen (secondary N) is 1. The Bertz CT molecular complexity index is 973. The van der Waals surface area contributed by atoms with Crippen molar-refractivity contribution in [1.82, 2.24) is 15.1 Å². The molecule has 3 rings (SSSR count). The molecule has 1 amide bonds. The summed E-state index contributed by atoms with van der Waals surface area (Å²) < 4.78 is 7.39. The number of rotatable bonds is 7. The molecule has 1 heterocycles. The number of ether oxygens (including phenoxy) is 1. The number of benzene rings is 2. The van der Waals surface area contributed by atoms with Crippen molar-refractivity contribution >= 4 is 17.5 Å². The number of amides is 1. The van der Waals surface area contributed by atoms with E-state index < -0.39 is 0 Å². The first-order chi connectivity index (χ1) is 13.9. The second-order valence-electron chi connectivity index (χ2n) is 7.23. The molecule has 0 fully saturated rings. The van der Waals surface area contributed by atoms with E-state index in [1.165, 1.54) is 5.56 Å². The smallest absolute Gasteiger partial charge is 0.272 e. The topological polar surface area (TPSA) is 56.2 Å². The first kappa shape index (κ1) is 20.9. The lowest BCUT2D eigenvalue weighted by molar-refractivity contribution is 0.0928. The van der Waals surface area contributed by atoms with Crippen LogP contribution < -0.4 is 10.1 Å². The molecule has 0 spiro atoms. The molecule has 0 radical (unpaired) electrons. The molecule has 1 unspecified atom stereocenters. The summed E-state index contributed by atoms with van der Waals surface area (Å²) >= 11 is 6.19. The predicted octanol–water partition coefficient (Wildman–Crippen LogP) is 5.38. The van der Waals surface area contributed by atoms with Gasteiger partial charge in [0, 0.05) is 11.2 Å². The minimum absolute atomic E-state index is 0.0514. The van der Waals surface area contributed by atoms with Crippen molar-refractivity contribution in [2.75, 3.05) is 0 Å². The van der Waals surface area contributed by atoms with E-state index in [1.54, 1.807) is 16.9 Å². The molecule has 0 aliphatic rings. The van der Waals surface area contributed by atoms with Crippen LogP contribution in [0.15, 0.2) is 48.7 Å². The summed E-state index contributed by atoms with van der Waals surface area (Å²) in [5.41, 5.74) is 4.57. The van der Waals surface area contributed by atoms with Gasteiger partial charge in [0.05, 0.1) is 6.04 Å². The van der Waals surface area contributed by atoms with Gasteiger partial charge in [0.2, 0.25) is 0 Å². The van der Waals surface area contributed by atoms with Gasteiger partial charge in [0.25, 0.3) is 5.91 Å². The number of hydrogen-bond donors (Lipinski definition) is 1. The molecule has 0 saturated carbocycles. The zero-order valence-corrected chi connectivity index (χ0v) is 18.0. The van der Waals surface area contributed by atoms with Crippen LogP contribution in [0.25, 0.3) is 0 Å². The monoisotopic (exact) mass is 411 g/mol. The molecule has 0 aliphatic heterocycles. The number of nitrogens with zero attached hydrogens (tertiary/aromatic N) is 2. The van der Waals surface area contributed by atoms with Crippen LogP contribution in [-0.2, 0) is 6.73 Å². The molecule has 6 heteroatoms. The minimum atomic E-state index is -0.200. The fourth-order valence-corrected chi connectivity index (χ4v) is 3.25. The van der Waals surface area contributed by atoms with Crippen LogP contribution in [0.4, 0.5) is 0 Å². The highest BCUT2D eigenvalue weighted by molar-refractivity contribution is 6.32. The average molecular weight is 412 g/mol. The van der Waals surface area contributed by atoms with Crippen LogP contribution in [0.1, 0.15) is 52.1 Å². The Kier molecular flexibility index (Phi) is 6.60. The van der Waals surface area contributed by atoms with Gasteiger partial charge in [-0.05, 0) is 62.1 Å². The quantitative estimate of drug-likeness (QED) is 0.567. The maximum absolute atomic E-state index is 12.6. The van der Waals surface area contributed by atoms with E-state index in [1.807, 2.05) is 52.0 Å². The molecule has 0 aliphatic carbocycles. The highest BCUT2D eigenvalue weighted by Crippen LogP contribution is 2.26. The molecule has 5 nitrogen and oxygen atoms in total. The Labute approximate surface area is 176 Å². The Morgan fingerprint density at radius 1 is 1.14 bits per heavy atom. The van der Waals surface area contributed by atoms with Crippen molar-refractivity contribution in [3.8, 4) is 5.75 Å². The summed E-state index contributed by atoms with van der Waals surface area (Å²) in [6.45, 7) is 8.19. The van der Waals surface area contributed by atoms with Crippen LogP contribution in [0.5, 0.6) is 5.75 Å². The van der Waals surface area contributed by atoms with E-state index in [4.69, 9.17) is 16.3 Å². The second kappa shape index (κ2) is 9.14. The van der Waals surface area contributed by atoms with Gasteiger partial charge in [-0.2, -0.15) is 5.10 Å². The summed E-state index contributed by atoms with van der Waals surface area (Å²) in [5.74, 6) is 0.519. The van der Waals surface area contributed by atoms with Crippen LogP contribution in [0.2, 0.25) is 5.02 Å². The Morgan fingerprint density at radius 3 is 2.41 bits per heavy atom. The van der Waals surface area contributed by atoms with Crippen molar-refractivity contribution in [3.05, 3.63) is 81.6 Å². The van der Waals surface area contributed by atoms with Crippen LogP contribution >= 0.6 is 11.6 Å². The van der Waals surface area contributed by atoms with Gasteiger partial charge >= 0.3 is 0 Å². The van der Waals surface area contributed by atoms with E-state index in [2.05, 4.69) is 22.5 Å². The fraction of sp³-hybridized carbons (Fsp3) is 0.304. The zero-order chi connectivity index (χ0) is 21.0. The predicted molar refractivity (Wildman–Crippen MR) is 115 cm³/mol. The fourth-order valence-electron chi connectivity index (χ4n) is 3.14. The van der Waals surface area contributed by atoms with Crippen molar-refractivity contribution in [2.24, 2.45) is 0 Å². The van der Waals surface area contributed by atoms with Crippen molar-refractivity contribution in [1.29, 1.82) is 0 Å². The number of carbonyl (C=O) groups excluding carboxylic acids is 1. The summed E-state index contributed by atoms with van der Waals surface area (Å²) in [5, 5.41) is 8.14. The van der Waals surface area contributed by atoms with Gasteiger partial charge in [-0.25, -0.2) is 4.68 Å². The third-order valence-electron chi connectivity index (χ3n) is 4.84. The lowest BCUT2D eigenvalue weighted by Gasteiger charge is -2.17. The molecular weight excluding hydrogens is 386 g/mol. The largest absolute Gasteiger partial charge is 0.471 e. The van der Waals surface area contributed by atoms with Crippen LogP contribution in [-0.4, -0.2) is 15.7 Å². The second-order valence-corrected chi connectivity index (χ2v) is 7.61. The van der Waals surface area contributed by atoms with Crippen LogP contribution in [0, 0.1) is 20.8 Å². The first-order valence-corrected chi connectivity index (χ1v) is 10.1. The number of aryl methyl sites for hydroxylation is 3. The first-order valence-electron chi connectivity index (χ1n) is 9.67. The third-order valence-corrected chi connectivity index (χ3v) is 5.44. The summed E-state index contributed by atoms with van der Waals surface area (Å²) in [7, 11) is 0. The Morgan fingerprint density at radius 2 is 1.79 bits per heavy atom. The molecule has 1 atom stereocenters. The molecule has 152 valence electrons. The molecular formula is C23H26ClN3O2. The van der Waals surface area contributed by atoms with E-state index in [-0.39, 0.29) is 18.7 Å². The Balaban J connectivity index is 1.62. The summed E-state index contributed by atoms with van der Waals surface area (Å²) in [4.78, 5) is 12.6. The molecule has 2 aromatic carbocycles. The number of carbonyl (C=O) groups is 1. The third kappa shape index (κ3) is 5.18. The molecule has 0 saturated heterocycles. The van der Waals surface area contributed by atoms with E-state index >= 15 is 0 Å². The molecule has 1 aromatic heterocycles. The summed E-state index contributed by atoms with van der Waals surface area (Å²) in [6.07, 6.45) is 2.53. The van der Waals surface area contributed by atoms with E-state index in [9.17, 15) is 4.79 Å². The van der Waals surface area contributed by atoms with Crippen molar-refractivity contribution in [3.63, 3.8) is 0 Å². The van der Waals surface area contributed by atoms with Crippen molar-refractivity contribution in [2.45, 2.75) is 46.9 Å². The number of halogens is 1. The zero-order valence-electron chi connectivity index (χ0n) is 17.2. The molecule has 3 aromatic rings. The SMILES string of the molecule is CCC(NC(=O)c1ccn(COc2cc(C)c(Cl)c(C)c2)n1)c1ccc(C)cc1. The molecule has 0 bridgehead atoms. The van der Waals surface area contributed by atoms with E-state index in [0.717, 1.165) is 33.9 Å². The molecule has 29 heavy (non-hydrogen) atoms. The highest BCUT2D eigenvalue weighted by atomic mass is 35.5. The Hall–Kier alpha value is -2.79. The van der Waals surface area contributed by atoms with Gasteiger partial charge < -0.3 is 10.1 Å². The van der Waals surface area contributed by atoms with E-state index in [0.29, 0.717) is 5.69 Å². The number of hydrogen-bond acceptors (Lipinski definition) is 3. The van der Waals surface area contributed by atoms with Crippen LogP contribution in [0.3, 0.4) is 0 Å². The normalized spacial score (nSPS) is 11.9. The lowest BCUT2D eigenvalue weighted by atomic mass is 10.0. The maximum Gasteiger partial charge on any atom is 0.272 e. The van der Waals surface area contributed by atoms with Gasteiger partial charge in [0.15, 0.2) is 6.73 Å². The lowest BCUT2D eigenvalue weighted by Crippen LogP contribution is -2.28. The van der Waals surface area contributed by atoms with Gasteiger partial charge in [0.1, 0.15) is 11.4 Å². The van der Waals surface area contributed by atoms with Crippen molar-refractivity contribution < 1.29 is 9.53 Å². The van der Waals surface area contributed by atoms with Gasteiger partial charge in [-0.3, -0.25) is 4.79 Å². The number of aromatic nitrogens is 2. The van der Waals surface area contributed by atoms with Gasteiger partial charge in [-0.15, -0.1) is 0 Å².